The molecule has 0 N–H and O–H groups in total. The van der Waals surface area contributed by atoms with Gasteiger partial charge in [0.05, 0.1) is 29.8 Å². The lowest BCUT2D eigenvalue weighted by atomic mass is 9.98. The molecule has 134 valence electrons. The Labute approximate surface area is 175 Å². The van der Waals surface area contributed by atoms with Gasteiger partial charge >= 0.3 is 0 Å². The van der Waals surface area contributed by atoms with Crippen molar-refractivity contribution >= 4 is 28.3 Å². The smallest absolute Gasteiger partial charge is 0.181 e. The first-order valence-electron chi connectivity index (χ1n) is 8.62. The Bertz CT molecular complexity index is 1260. The van der Waals surface area contributed by atoms with Crippen molar-refractivity contribution in [3.8, 4) is 29.5 Å². The Kier molecular flexibility index (Phi) is 4.10. The molecule has 0 aliphatic carbocycles. The van der Waals surface area contributed by atoms with E-state index in [1.54, 1.807) is 12.5 Å². The molecule has 0 atom stereocenters. The summed E-state index contributed by atoms with van der Waals surface area (Å²) in [6.45, 7) is 0.469. The summed E-state index contributed by atoms with van der Waals surface area (Å²) >= 11 is 2.34. The fraction of sp³-hybridized carbons (Fsp3) is 0.0455. The van der Waals surface area contributed by atoms with E-state index < -0.39 is 0 Å². The predicted octanol–water partition coefficient (Wildman–Crippen LogP) is 4.46. The van der Waals surface area contributed by atoms with E-state index in [2.05, 4.69) is 55.2 Å². The van der Waals surface area contributed by atoms with E-state index >= 15 is 0 Å². The maximum atomic E-state index is 5.67. The molecule has 2 aromatic heterocycles. The summed E-state index contributed by atoms with van der Waals surface area (Å²) < 4.78 is 8.67. The number of benzene rings is 2. The molecule has 0 radical (unpaired) electrons. The van der Waals surface area contributed by atoms with Crippen molar-refractivity contribution in [2.45, 2.75) is 6.54 Å². The molecule has 1 aliphatic heterocycles. The molecular formula is C22H13IN4O. The van der Waals surface area contributed by atoms with Crippen LogP contribution in [0.5, 0.6) is 0 Å². The van der Waals surface area contributed by atoms with Crippen LogP contribution in [-0.4, -0.2) is 20.2 Å². The minimum atomic E-state index is 0.469. The van der Waals surface area contributed by atoms with Crippen molar-refractivity contribution < 1.29 is 4.42 Å². The van der Waals surface area contributed by atoms with Gasteiger partial charge < -0.3 is 4.42 Å². The average Bonchev–Trinajstić information content (AvgIpc) is 3.36. The summed E-state index contributed by atoms with van der Waals surface area (Å²) in [6, 6.07) is 14.2. The van der Waals surface area contributed by atoms with E-state index in [-0.39, 0.29) is 0 Å². The molecule has 5 rings (SSSR count). The monoisotopic (exact) mass is 476 g/mol. The van der Waals surface area contributed by atoms with E-state index in [9.17, 15) is 0 Å². The molecule has 0 saturated heterocycles. The molecule has 1 aliphatic rings. The number of terminal acetylenes is 1. The van der Waals surface area contributed by atoms with Crippen molar-refractivity contribution in [1.82, 2.24) is 14.5 Å². The highest BCUT2D eigenvalue weighted by molar-refractivity contribution is 14.1. The predicted molar refractivity (Wildman–Crippen MR) is 115 cm³/mol. The van der Waals surface area contributed by atoms with Gasteiger partial charge in [-0.1, -0.05) is 24.1 Å². The first kappa shape index (κ1) is 17.0. The third kappa shape index (κ3) is 2.67. The number of oxazole rings is 1. The summed E-state index contributed by atoms with van der Waals surface area (Å²) in [4.78, 5) is 13.5. The summed E-state index contributed by atoms with van der Waals surface area (Å²) in [6.07, 6.45) is 10.5. The minimum absolute atomic E-state index is 0.469. The topological polar surface area (TPSA) is 56.2 Å². The molecule has 5 nitrogen and oxygen atoms in total. The highest BCUT2D eigenvalue weighted by Crippen LogP contribution is 2.32. The lowest BCUT2D eigenvalue weighted by Gasteiger charge is -2.13. The third-order valence-corrected chi connectivity index (χ3v) is 5.67. The first-order valence-corrected chi connectivity index (χ1v) is 9.70. The number of hydrogen-bond acceptors (Lipinski definition) is 4. The van der Waals surface area contributed by atoms with Gasteiger partial charge in [-0.25, -0.2) is 9.97 Å². The standard InChI is InChI=1S/C22H13IN4O/c1-2-14-7-8-18-16(9-14)21(15-5-3-4-6-17(15)23)25-10-19-22(26-12-27(18)19)20-11-24-13-28-20/h1,3-9,11-13H,10H2. The van der Waals surface area contributed by atoms with E-state index in [0.717, 1.165) is 43.0 Å². The van der Waals surface area contributed by atoms with Gasteiger partial charge in [0, 0.05) is 20.3 Å². The van der Waals surface area contributed by atoms with E-state index in [0.29, 0.717) is 12.3 Å². The molecule has 2 aromatic carbocycles. The van der Waals surface area contributed by atoms with Crippen LogP contribution in [0, 0.1) is 15.9 Å². The van der Waals surface area contributed by atoms with E-state index in [1.807, 2.05) is 30.3 Å². The zero-order chi connectivity index (χ0) is 19.1. The van der Waals surface area contributed by atoms with Gasteiger partial charge in [0.25, 0.3) is 0 Å². The second-order valence-electron chi connectivity index (χ2n) is 6.30. The minimum Gasteiger partial charge on any atom is -0.442 e. The van der Waals surface area contributed by atoms with Crippen LogP contribution in [0.2, 0.25) is 0 Å². The van der Waals surface area contributed by atoms with Crippen LogP contribution >= 0.6 is 22.6 Å². The van der Waals surface area contributed by atoms with Gasteiger partial charge in [-0.2, -0.15) is 0 Å². The summed E-state index contributed by atoms with van der Waals surface area (Å²) in [5.41, 5.74) is 6.49. The fourth-order valence-electron chi connectivity index (χ4n) is 3.42. The van der Waals surface area contributed by atoms with Gasteiger partial charge in [0.2, 0.25) is 0 Å². The summed E-state index contributed by atoms with van der Waals surface area (Å²) in [7, 11) is 0. The van der Waals surface area contributed by atoms with Crippen molar-refractivity contribution in [3.63, 3.8) is 0 Å². The summed E-state index contributed by atoms with van der Waals surface area (Å²) in [5, 5.41) is 0. The number of halogens is 1. The number of aromatic nitrogens is 3. The highest BCUT2D eigenvalue weighted by atomic mass is 127. The molecule has 6 heteroatoms. The van der Waals surface area contributed by atoms with Crippen LogP contribution < -0.4 is 0 Å². The third-order valence-electron chi connectivity index (χ3n) is 4.73. The molecule has 28 heavy (non-hydrogen) atoms. The van der Waals surface area contributed by atoms with Crippen molar-refractivity contribution in [2.24, 2.45) is 4.99 Å². The van der Waals surface area contributed by atoms with Crippen LogP contribution in [0.25, 0.3) is 17.1 Å². The van der Waals surface area contributed by atoms with Gasteiger partial charge in [-0.15, -0.1) is 6.42 Å². The molecule has 0 bridgehead atoms. The largest absolute Gasteiger partial charge is 0.442 e. The van der Waals surface area contributed by atoms with Crippen molar-refractivity contribution in [3.05, 3.63) is 87.3 Å². The van der Waals surface area contributed by atoms with E-state index in [4.69, 9.17) is 15.8 Å². The average molecular weight is 476 g/mol. The molecule has 0 unspecified atom stereocenters. The number of hydrogen-bond donors (Lipinski definition) is 0. The number of rotatable bonds is 2. The van der Waals surface area contributed by atoms with Gasteiger partial charge in [0.15, 0.2) is 12.2 Å². The van der Waals surface area contributed by atoms with Crippen LogP contribution in [0.15, 0.2) is 70.8 Å². The number of imidazole rings is 1. The Morgan fingerprint density at radius 3 is 2.82 bits per heavy atom. The molecule has 0 fully saturated rings. The molecular weight excluding hydrogens is 463 g/mol. The molecule has 0 amide bonds. The Balaban J connectivity index is 1.78. The van der Waals surface area contributed by atoms with Crippen molar-refractivity contribution in [2.75, 3.05) is 0 Å². The second-order valence-corrected chi connectivity index (χ2v) is 7.46. The molecule has 0 spiro atoms. The van der Waals surface area contributed by atoms with Gasteiger partial charge in [0.1, 0.15) is 12.0 Å². The SMILES string of the molecule is C#Cc1ccc2c(c1)C(c1ccccc1I)=NCc1c(-c3cnco3)ncn1-2. The Hall–Kier alpha value is -3.18. The highest BCUT2D eigenvalue weighted by Gasteiger charge is 2.24. The molecule has 4 aromatic rings. The maximum absolute atomic E-state index is 5.67. The normalized spacial score (nSPS) is 12.5. The van der Waals surface area contributed by atoms with Crippen molar-refractivity contribution in [1.29, 1.82) is 0 Å². The zero-order valence-electron chi connectivity index (χ0n) is 14.6. The number of fused-ring (bicyclic) bond motifs is 3. The van der Waals surface area contributed by atoms with Crippen LogP contribution in [0.1, 0.15) is 22.4 Å². The Morgan fingerprint density at radius 1 is 1.14 bits per heavy atom. The van der Waals surface area contributed by atoms with Gasteiger partial charge in [-0.3, -0.25) is 9.56 Å². The van der Waals surface area contributed by atoms with Crippen LogP contribution in [-0.2, 0) is 6.54 Å². The quantitative estimate of drug-likeness (QED) is 0.317. The van der Waals surface area contributed by atoms with Gasteiger partial charge in [-0.05, 0) is 46.9 Å². The number of aliphatic imine (C=N–C) groups is 1. The van der Waals surface area contributed by atoms with Crippen LogP contribution in [0.3, 0.4) is 0 Å². The molecule has 3 heterocycles. The first-order chi connectivity index (χ1) is 13.8. The van der Waals surface area contributed by atoms with Crippen LogP contribution in [0.4, 0.5) is 0 Å². The number of nitrogens with zero attached hydrogens (tertiary/aromatic N) is 4. The fourth-order valence-corrected chi connectivity index (χ4v) is 4.06. The molecule has 0 saturated carbocycles. The lowest BCUT2D eigenvalue weighted by molar-refractivity contribution is 0.569. The Morgan fingerprint density at radius 2 is 2.04 bits per heavy atom. The van der Waals surface area contributed by atoms with E-state index in [1.165, 1.54) is 6.39 Å². The lowest BCUT2D eigenvalue weighted by Crippen LogP contribution is -2.09. The zero-order valence-corrected chi connectivity index (χ0v) is 16.8. The summed E-state index contributed by atoms with van der Waals surface area (Å²) in [5.74, 6) is 3.36. The second kappa shape index (κ2) is 6.77. The maximum Gasteiger partial charge on any atom is 0.181 e.